The van der Waals surface area contributed by atoms with Gasteiger partial charge in [0, 0.05) is 17.3 Å². The van der Waals surface area contributed by atoms with Gasteiger partial charge in [-0.05, 0) is 43.6 Å². The summed E-state index contributed by atoms with van der Waals surface area (Å²) in [6.07, 6.45) is 6.16. The molecular weight excluding hydrogens is 254 g/mol. The van der Waals surface area contributed by atoms with Crippen LogP contribution in [-0.2, 0) is 11.2 Å². The van der Waals surface area contributed by atoms with E-state index < -0.39 is 0 Å². The number of carbonyl (C=O) groups excluding carboxylic acids is 1. The van der Waals surface area contributed by atoms with Crippen LogP contribution in [0.3, 0.4) is 0 Å². The molecule has 0 aliphatic carbocycles. The highest BCUT2D eigenvalue weighted by molar-refractivity contribution is 7.09. The summed E-state index contributed by atoms with van der Waals surface area (Å²) in [6, 6.07) is 4.52. The second-order valence-corrected chi connectivity index (χ2v) is 6.76. The zero-order valence-electron chi connectivity index (χ0n) is 12.4. The van der Waals surface area contributed by atoms with Crippen LogP contribution in [0, 0.1) is 5.92 Å². The quantitative estimate of drug-likeness (QED) is 0.714. The SMILES string of the molecule is CC(C)CCCC(C)NC(=O)CCCc1cccs1. The van der Waals surface area contributed by atoms with Crippen molar-refractivity contribution in [3.8, 4) is 0 Å². The molecular formula is C16H27NOS. The molecule has 1 atom stereocenters. The smallest absolute Gasteiger partial charge is 0.220 e. The molecule has 1 rings (SSSR count). The first kappa shape index (κ1) is 16.2. The monoisotopic (exact) mass is 281 g/mol. The summed E-state index contributed by atoms with van der Waals surface area (Å²) in [5.74, 6) is 0.960. The van der Waals surface area contributed by atoms with E-state index >= 15 is 0 Å². The largest absolute Gasteiger partial charge is 0.354 e. The van der Waals surface area contributed by atoms with Gasteiger partial charge < -0.3 is 5.32 Å². The van der Waals surface area contributed by atoms with Gasteiger partial charge >= 0.3 is 0 Å². The molecule has 1 unspecified atom stereocenters. The summed E-state index contributed by atoms with van der Waals surface area (Å²) in [4.78, 5) is 13.1. The highest BCUT2D eigenvalue weighted by Gasteiger charge is 2.07. The number of amides is 1. The molecule has 0 aromatic carbocycles. The third kappa shape index (κ3) is 8.04. The highest BCUT2D eigenvalue weighted by Crippen LogP contribution is 2.12. The summed E-state index contributed by atoms with van der Waals surface area (Å²) in [6.45, 7) is 6.60. The Balaban J connectivity index is 2.06. The molecule has 0 radical (unpaired) electrons. The summed E-state index contributed by atoms with van der Waals surface area (Å²) >= 11 is 1.77. The van der Waals surface area contributed by atoms with Crippen molar-refractivity contribution in [2.75, 3.05) is 0 Å². The van der Waals surface area contributed by atoms with Gasteiger partial charge in [-0.1, -0.05) is 32.8 Å². The van der Waals surface area contributed by atoms with Crippen molar-refractivity contribution in [2.24, 2.45) is 5.92 Å². The predicted octanol–water partition coefficient (Wildman–Crippen LogP) is 4.40. The Morgan fingerprint density at radius 1 is 1.26 bits per heavy atom. The predicted molar refractivity (Wildman–Crippen MR) is 83.6 cm³/mol. The van der Waals surface area contributed by atoms with Crippen LogP contribution >= 0.6 is 11.3 Å². The Morgan fingerprint density at radius 2 is 2.05 bits per heavy atom. The van der Waals surface area contributed by atoms with Crippen molar-refractivity contribution in [1.82, 2.24) is 5.32 Å². The van der Waals surface area contributed by atoms with Gasteiger partial charge in [0.05, 0.1) is 0 Å². The maximum atomic E-state index is 11.8. The minimum atomic E-state index is 0.202. The van der Waals surface area contributed by atoms with Crippen LogP contribution in [-0.4, -0.2) is 11.9 Å². The number of rotatable bonds is 9. The molecule has 2 nitrogen and oxygen atoms in total. The summed E-state index contributed by atoms with van der Waals surface area (Å²) in [5, 5.41) is 5.19. The lowest BCUT2D eigenvalue weighted by molar-refractivity contribution is -0.121. The lowest BCUT2D eigenvalue weighted by Gasteiger charge is -2.14. The zero-order chi connectivity index (χ0) is 14.1. The van der Waals surface area contributed by atoms with Crippen LogP contribution in [0.1, 0.15) is 57.8 Å². The Morgan fingerprint density at radius 3 is 2.68 bits per heavy atom. The average Bonchev–Trinajstić information content (AvgIpc) is 2.81. The second kappa shape index (κ2) is 9.13. The van der Waals surface area contributed by atoms with Gasteiger partial charge in [0.1, 0.15) is 0 Å². The molecule has 0 aliphatic heterocycles. The molecule has 0 spiro atoms. The van der Waals surface area contributed by atoms with E-state index in [1.165, 1.54) is 17.7 Å². The maximum Gasteiger partial charge on any atom is 0.220 e. The second-order valence-electron chi connectivity index (χ2n) is 5.73. The highest BCUT2D eigenvalue weighted by atomic mass is 32.1. The molecule has 3 heteroatoms. The Labute approximate surface area is 121 Å². The molecule has 0 saturated heterocycles. The molecule has 0 fully saturated rings. The molecule has 108 valence electrons. The Hall–Kier alpha value is -0.830. The molecule has 1 N–H and O–H groups in total. The van der Waals surface area contributed by atoms with Gasteiger partial charge in [0.2, 0.25) is 5.91 Å². The summed E-state index contributed by atoms with van der Waals surface area (Å²) in [5.41, 5.74) is 0. The molecule has 1 aromatic rings. The third-order valence-electron chi connectivity index (χ3n) is 3.23. The number of aryl methyl sites for hydroxylation is 1. The van der Waals surface area contributed by atoms with E-state index in [1.807, 2.05) is 0 Å². The van der Waals surface area contributed by atoms with E-state index in [0.29, 0.717) is 12.5 Å². The van der Waals surface area contributed by atoms with E-state index in [4.69, 9.17) is 0 Å². The topological polar surface area (TPSA) is 29.1 Å². The molecule has 19 heavy (non-hydrogen) atoms. The third-order valence-corrected chi connectivity index (χ3v) is 4.17. The van der Waals surface area contributed by atoms with Crippen LogP contribution in [0.2, 0.25) is 0 Å². The van der Waals surface area contributed by atoms with Gasteiger partial charge in [-0.2, -0.15) is 0 Å². The van der Waals surface area contributed by atoms with E-state index in [-0.39, 0.29) is 5.91 Å². The van der Waals surface area contributed by atoms with Crippen LogP contribution < -0.4 is 5.32 Å². The van der Waals surface area contributed by atoms with Crippen molar-refractivity contribution in [3.63, 3.8) is 0 Å². The average molecular weight is 281 g/mol. The summed E-state index contributed by atoms with van der Waals surface area (Å²) < 4.78 is 0. The first-order chi connectivity index (χ1) is 9.08. The fourth-order valence-corrected chi connectivity index (χ4v) is 2.88. The lowest BCUT2D eigenvalue weighted by Crippen LogP contribution is -2.32. The van der Waals surface area contributed by atoms with Crippen molar-refractivity contribution >= 4 is 17.2 Å². The lowest BCUT2D eigenvalue weighted by atomic mass is 10.0. The fourth-order valence-electron chi connectivity index (χ4n) is 2.13. The van der Waals surface area contributed by atoms with Crippen molar-refractivity contribution < 1.29 is 4.79 Å². The van der Waals surface area contributed by atoms with E-state index in [2.05, 4.69) is 43.6 Å². The minimum absolute atomic E-state index is 0.202. The van der Waals surface area contributed by atoms with Crippen molar-refractivity contribution in [3.05, 3.63) is 22.4 Å². The number of hydrogen-bond donors (Lipinski definition) is 1. The molecule has 0 saturated carbocycles. The Bertz CT molecular complexity index is 346. The van der Waals surface area contributed by atoms with E-state index in [1.54, 1.807) is 11.3 Å². The standard InChI is InChI=1S/C16H27NOS/c1-13(2)7-4-8-14(3)17-16(18)11-5-9-15-10-6-12-19-15/h6,10,12-14H,4-5,7-9,11H2,1-3H3,(H,17,18). The molecule has 1 aromatic heterocycles. The van der Waals surface area contributed by atoms with Gasteiger partial charge in [-0.3, -0.25) is 4.79 Å². The molecule has 0 bridgehead atoms. The molecule has 0 aliphatic rings. The normalized spacial score (nSPS) is 12.6. The zero-order valence-corrected chi connectivity index (χ0v) is 13.3. The fraction of sp³-hybridized carbons (Fsp3) is 0.688. The van der Waals surface area contributed by atoms with Crippen molar-refractivity contribution in [2.45, 2.75) is 65.3 Å². The number of carbonyl (C=O) groups is 1. The van der Waals surface area contributed by atoms with Gasteiger partial charge in [-0.25, -0.2) is 0 Å². The number of nitrogens with one attached hydrogen (secondary N) is 1. The molecule has 1 heterocycles. The van der Waals surface area contributed by atoms with Crippen LogP contribution in [0.25, 0.3) is 0 Å². The van der Waals surface area contributed by atoms with Gasteiger partial charge in [0.25, 0.3) is 0 Å². The van der Waals surface area contributed by atoms with Crippen molar-refractivity contribution in [1.29, 1.82) is 0 Å². The maximum absolute atomic E-state index is 11.8. The number of thiophene rings is 1. The summed E-state index contributed by atoms with van der Waals surface area (Å²) in [7, 11) is 0. The molecule has 1 amide bonds. The Kier molecular flexibility index (Phi) is 7.80. The first-order valence-corrected chi connectivity index (χ1v) is 8.27. The first-order valence-electron chi connectivity index (χ1n) is 7.39. The van der Waals surface area contributed by atoms with E-state index in [9.17, 15) is 4.79 Å². The van der Waals surface area contributed by atoms with Crippen LogP contribution in [0.4, 0.5) is 0 Å². The van der Waals surface area contributed by atoms with Crippen LogP contribution in [0.5, 0.6) is 0 Å². The number of hydrogen-bond acceptors (Lipinski definition) is 2. The van der Waals surface area contributed by atoms with Crippen LogP contribution in [0.15, 0.2) is 17.5 Å². The van der Waals surface area contributed by atoms with Gasteiger partial charge in [-0.15, -0.1) is 11.3 Å². The van der Waals surface area contributed by atoms with Gasteiger partial charge in [0.15, 0.2) is 0 Å². The minimum Gasteiger partial charge on any atom is -0.354 e. The van der Waals surface area contributed by atoms with E-state index in [0.717, 1.165) is 25.2 Å².